The maximum atomic E-state index is 13.3. The molecule has 1 atom stereocenters. The molecule has 0 saturated heterocycles. The normalized spacial score (nSPS) is 13.6. The summed E-state index contributed by atoms with van der Waals surface area (Å²) in [6.07, 6.45) is 1.15. The predicted octanol–water partition coefficient (Wildman–Crippen LogP) is 10.4. The summed E-state index contributed by atoms with van der Waals surface area (Å²) in [6, 6.07) is 30.0. The minimum absolute atomic E-state index is 0.336. The molecular formula is C37H34ClF3N2OS2. The summed E-state index contributed by atoms with van der Waals surface area (Å²) in [6.45, 7) is 11.2. The molecule has 0 aliphatic heterocycles. The van der Waals surface area contributed by atoms with Crippen molar-refractivity contribution in [3.05, 3.63) is 126 Å². The third kappa shape index (κ3) is 7.30. The number of aliphatic imine (C=N–C) groups is 1. The molecule has 0 saturated carbocycles. The van der Waals surface area contributed by atoms with Crippen LogP contribution >= 0.6 is 23.4 Å². The zero-order chi connectivity index (χ0) is 33.1. The van der Waals surface area contributed by atoms with Crippen LogP contribution in [0, 0.1) is 0 Å². The second kappa shape index (κ2) is 14.0. The summed E-state index contributed by atoms with van der Waals surface area (Å²) >= 11 is 7.61. The van der Waals surface area contributed by atoms with Crippen molar-refractivity contribution in [1.82, 2.24) is 4.57 Å². The summed E-state index contributed by atoms with van der Waals surface area (Å²) in [5.74, 6) is 0.614. The molecule has 4 aromatic carbocycles. The van der Waals surface area contributed by atoms with Crippen LogP contribution in [0.1, 0.15) is 30.0 Å². The van der Waals surface area contributed by atoms with Crippen LogP contribution in [0.2, 0.25) is 5.02 Å². The minimum atomic E-state index is -4.83. The highest BCUT2D eigenvalue weighted by Crippen LogP contribution is 2.35. The first kappa shape index (κ1) is 33.6. The number of halogens is 4. The number of aromatic nitrogens is 1. The van der Waals surface area contributed by atoms with Crippen molar-refractivity contribution in [2.45, 2.75) is 30.3 Å². The summed E-state index contributed by atoms with van der Waals surface area (Å²) in [5, 5.41) is 3.50. The number of allylic oxidation sites excluding steroid dienone is 1. The van der Waals surface area contributed by atoms with Gasteiger partial charge in [-0.25, -0.2) is 0 Å². The van der Waals surface area contributed by atoms with E-state index >= 15 is 0 Å². The van der Waals surface area contributed by atoms with E-state index in [9.17, 15) is 17.4 Å². The van der Waals surface area contributed by atoms with Gasteiger partial charge in [-0.05, 0) is 95.1 Å². The lowest BCUT2D eigenvalue weighted by atomic mass is 9.96. The molecule has 0 fully saturated rings. The van der Waals surface area contributed by atoms with E-state index in [0.29, 0.717) is 34.7 Å². The molecular weight excluding hydrogens is 645 g/mol. The Bertz CT molecular complexity index is 2070. The highest BCUT2D eigenvalue weighted by molar-refractivity contribution is 8.01. The molecule has 0 N–H and O–H groups in total. The van der Waals surface area contributed by atoms with Crippen molar-refractivity contribution in [2.24, 2.45) is 4.99 Å². The molecule has 0 spiro atoms. The number of hydrogen-bond acceptors (Lipinski definition) is 3. The Morgan fingerprint density at radius 1 is 0.913 bits per heavy atom. The third-order valence-corrected chi connectivity index (χ3v) is 10.9. The lowest BCUT2D eigenvalue weighted by molar-refractivity contribution is -0.0387. The van der Waals surface area contributed by atoms with Gasteiger partial charge in [-0.2, -0.15) is 13.2 Å². The van der Waals surface area contributed by atoms with Gasteiger partial charge in [-0.1, -0.05) is 67.2 Å². The molecule has 3 nitrogen and oxygen atoms in total. The Balaban J connectivity index is 1.52. The molecule has 0 bridgehead atoms. The Labute approximate surface area is 277 Å². The first-order chi connectivity index (χ1) is 21.9. The molecule has 0 amide bonds. The molecule has 0 aliphatic rings. The van der Waals surface area contributed by atoms with Crippen molar-refractivity contribution >= 4 is 76.9 Å². The number of rotatable bonds is 11. The zero-order valence-electron chi connectivity index (χ0n) is 25.6. The first-order valence-corrected chi connectivity index (χ1v) is 18.1. The molecule has 1 heterocycles. The van der Waals surface area contributed by atoms with E-state index in [2.05, 4.69) is 60.0 Å². The Kier molecular flexibility index (Phi) is 10.2. The van der Waals surface area contributed by atoms with E-state index < -0.39 is 15.0 Å². The van der Waals surface area contributed by atoms with Crippen molar-refractivity contribution in [3.63, 3.8) is 0 Å². The van der Waals surface area contributed by atoms with Gasteiger partial charge in [0, 0.05) is 56.0 Å². The SMILES string of the molecule is C=C(C(CCSc1ccc(Cl)cc1)=NCC=S(C)(=O)C(F)(F)F)c1ccc2c(c1)c1cc(C(=C)c3ccccc3)ccc1n2CC. The summed E-state index contributed by atoms with van der Waals surface area (Å²) in [4.78, 5) is 5.52. The van der Waals surface area contributed by atoms with Crippen LogP contribution in [0.3, 0.4) is 0 Å². The first-order valence-electron chi connectivity index (χ1n) is 14.7. The summed E-state index contributed by atoms with van der Waals surface area (Å²) in [7, 11) is -4.18. The van der Waals surface area contributed by atoms with E-state index in [1.165, 1.54) is 0 Å². The maximum Gasteiger partial charge on any atom is 0.463 e. The number of hydrogen-bond donors (Lipinski definition) is 0. The number of aryl methyl sites for hydroxylation is 1. The van der Waals surface area contributed by atoms with Crippen molar-refractivity contribution in [2.75, 3.05) is 18.6 Å². The van der Waals surface area contributed by atoms with Crippen LogP contribution in [-0.4, -0.2) is 43.9 Å². The van der Waals surface area contributed by atoms with Gasteiger partial charge in [0.15, 0.2) is 0 Å². The lowest BCUT2D eigenvalue weighted by Gasteiger charge is -2.12. The van der Waals surface area contributed by atoms with Crippen molar-refractivity contribution in [1.29, 1.82) is 0 Å². The number of alkyl halides is 3. The monoisotopic (exact) mass is 678 g/mol. The van der Waals surface area contributed by atoms with Gasteiger partial charge in [0.1, 0.15) is 0 Å². The third-order valence-electron chi connectivity index (χ3n) is 7.90. The average Bonchev–Trinajstić information content (AvgIpc) is 3.36. The fourth-order valence-corrected chi connectivity index (χ4v) is 6.83. The topological polar surface area (TPSA) is 34.4 Å². The van der Waals surface area contributed by atoms with Crippen molar-refractivity contribution < 1.29 is 17.4 Å². The van der Waals surface area contributed by atoms with Gasteiger partial charge in [-0.3, -0.25) is 9.20 Å². The number of fused-ring (bicyclic) bond motifs is 3. The highest BCUT2D eigenvalue weighted by Gasteiger charge is 2.37. The quantitative estimate of drug-likeness (QED) is 0.0792. The molecule has 238 valence electrons. The Morgan fingerprint density at radius 2 is 1.52 bits per heavy atom. The van der Waals surface area contributed by atoms with Crippen LogP contribution in [0.25, 0.3) is 33.0 Å². The molecule has 1 unspecified atom stereocenters. The smallest absolute Gasteiger partial charge is 0.341 e. The molecule has 5 aromatic rings. The second-order valence-corrected chi connectivity index (χ2v) is 15.1. The number of nitrogens with zero attached hydrogens (tertiary/aromatic N) is 2. The Morgan fingerprint density at radius 3 is 2.13 bits per heavy atom. The Hall–Kier alpha value is -3.72. The van der Waals surface area contributed by atoms with E-state index in [1.54, 1.807) is 11.8 Å². The van der Waals surface area contributed by atoms with Crippen LogP contribution in [0.4, 0.5) is 13.2 Å². The molecule has 46 heavy (non-hydrogen) atoms. The van der Waals surface area contributed by atoms with Gasteiger partial charge in [0.2, 0.25) is 0 Å². The molecule has 9 heteroatoms. The zero-order valence-corrected chi connectivity index (χ0v) is 28.0. The standard InChI is InChI=1S/C37H34ClF3N2OS2/c1-5-43-35-17-11-28(25(2)27-9-7-6-8-10-27)23-32(35)33-24-29(12-18-36(33)43)26(3)34(42-20-22-46(4,44)37(39,40)41)19-21-45-31-15-13-30(38)14-16-31/h6-18,22-24H,2-3,5,19-21H2,1,4H3. The highest BCUT2D eigenvalue weighted by atomic mass is 35.5. The fourth-order valence-electron chi connectivity index (χ4n) is 5.30. The largest absolute Gasteiger partial charge is 0.463 e. The van der Waals surface area contributed by atoms with Crippen LogP contribution in [-0.2, 0) is 16.1 Å². The fraction of sp³-hybridized carbons (Fsp3) is 0.189. The van der Waals surface area contributed by atoms with Gasteiger partial charge in [-0.15, -0.1) is 11.8 Å². The molecule has 0 radical (unpaired) electrons. The van der Waals surface area contributed by atoms with Crippen LogP contribution < -0.4 is 0 Å². The van der Waals surface area contributed by atoms with Gasteiger partial charge >= 0.3 is 5.51 Å². The minimum Gasteiger partial charge on any atom is -0.341 e. The number of thioether (sulfide) groups is 1. The average molecular weight is 679 g/mol. The van der Waals surface area contributed by atoms with Gasteiger partial charge in [0.25, 0.3) is 0 Å². The van der Waals surface area contributed by atoms with E-state index in [0.717, 1.165) is 60.9 Å². The molecule has 0 aliphatic carbocycles. The van der Waals surface area contributed by atoms with E-state index in [-0.39, 0.29) is 6.54 Å². The number of benzene rings is 4. The van der Waals surface area contributed by atoms with Gasteiger partial charge in [0.05, 0.1) is 16.1 Å². The second-order valence-electron chi connectivity index (χ2n) is 10.9. The molecule has 5 rings (SSSR count). The van der Waals surface area contributed by atoms with Crippen LogP contribution in [0.5, 0.6) is 0 Å². The summed E-state index contributed by atoms with van der Waals surface area (Å²) < 4.78 is 54.4. The maximum absolute atomic E-state index is 13.3. The van der Waals surface area contributed by atoms with Crippen LogP contribution in [0.15, 0.2) is 114 Å². The van der Waals surface area contributed by atoms with E-state index in [1.807, 2.05) is 60.7 Å². The molecule has 1 aromatic heterocycles. The predicted molar refractivity (Wildman–Crippen MR) is 194 cm³/mol. The van der Waals surface area contributed by atoms with E-state index in [4.69, 9.17) is 11.6 Å². The lowest BCUT2D eigenvalue weighted by Crippen LogP contribution is -2.24. The van der Waals surface area contributed by atoms with Crippen molar-refractivity contribution in [3.8, 4) is 0 Å². The summed E-state index contributed by atoms with van der Waals surface area (Å²) in [5.41, 5.74) is 2.32. The van der Waals surface area contributed by atoms with Gasteiger partial charge < -0.3 is 4.57 Å².